The van der Waals surface area contributed by atoms with Crippen molar-refractivity contribution in [3.63, 3.8) is 0 Å². The molecule has 0 radical (unpaired) electrons. The van der Waals surface area contributed by atoms with E-state index in [1.807, 2.05) is 41.8 Å². The zero-order valence-corrected chi connectivity index (χ0v) is 20.3. The summed E-state index contributed by atoms with van der Waals surface area (Å²) in [5.41, 5.74) is 11.5. The minimum atomic E-state index is -0.447. The summed E-state index contributed by atoms with van der Waals surface area (Å²) in [6.07, 6.45) is 7.75. The third-order valence-electron chi connectivity index (χ3n) is 7.56. The summed E-state index contributed by atoms with van der Waals surface area (Å²) in [6.45, 7) is 9.37. The van der Waals surface area contributed by atoms with Crippen LogP contribution in [0.25, 0.3) is 32.9 Å². The van der Waals surface area contributed by atoms with Gasteiger partial charge in [0.15, 0.2) is 17.3 Å². The fourth-order valence-corrected chi connectivity index (χ4v) is 5.92. The van der Waals surface area contributed by atoms with Gasteiger partial charge in [0.1, 0.15) is 5.65 Å². The number of rotatable bonds is 4. The molecule has 2 fully saturated rings. The largest absolute Gasteiger partial charge is 0.494 e. The summed E-state index contributed by atoms with van der Waals surface area (Å²) in [4.78, 5) is 16.0. The van der Waals surface area contributed by atoms with Crippen molar-refractivity contribution in [2.75, 3.05) is 12.0 Å². The van der Waals surface area contributed by atoms with Crippen molar-refractivity contribution in [3.05, 3.63) is 71.6 Å². The minimum Gasteiger partial charge on any atom is -0.494 e. The average molecular weight is 483 g/mol. The molecule has 2 saturated heterocycles. The van der Waals surface area contributed by atoms with Crippen LogP contribution in [-0.4, -0.2) is 39.6 Å². The summed E-state index contributed by atoms with van der Waals surface area (Å²) in [6, 6.07) is 11.5. The second kappa shape index (κ2) is 8.61. The van der Waals surface area contributed by atoms with Gasteiger partial charge in [0, 0.05) is 30.5 Å². The molecule has 4 heterocycles. The Kier molecular flexibility index (Phi) is 5.38. The van der Waals surface area contributed by atoms with Crippen LogP contribution in [0.2, 0.25) is 0 Å². The van der Waals surface area contributed by atoms with Crippen LogP contribution in [0, 0.1) is 19.3 Å². The Morgan fingerprint density at radius 2 is 1.86 bits per heavy atom. The van der Waals surface area contributed by atoms with E-state index in [9.17, 15) is 4.39 Å². The minimum absolute atomic E-state index is 0.183. The zero-order chi connectivity index (χ0) is 25.0. The second-order valence-corrected chi connectivity index (χ2v) is 9.74. The molecule has 0 spiro atoms. The molecule has 2 aliphatic heterocycles. The van der Waals surface area contributed by atoms with Crippen molar-refractivity contribution in [3.8, 4) is 28.1 Å². The van der Waals surface area contributed by atoms with Crippen LogP contribution in [0.5, 0.6) is 5.75 Å². The van der Waals surface area contributed by atoms with E-state index in [2.05, 4.69) is 9.74 Å². The van der Waals surface area contributed by atoms with Crippen molar-refractivity contribution >= 4 is 17.3 Å². The number of nitrogens with two attached hydrogens (primary N) is 1. The number of nitrogens with zero attached hydrogens (tertiary/aromatic N) is 5. The lowest BCUT2D eigenvalue weighted by Crippen LogP contribution is -2.48. The number of halogens is 1. The third-order valence-corrected chi connectivity index (χ3v) is 7.56. The number of hydrogen-bond donors (Lipinski definition) is 1. The number of hydrogen-bond acceptors (Lipinski definition) is 5. The summed E-state index contributed by atoms with van der Waals surface area (Å²) < 4.78 is 22.0. The molecule has 2 N–H and O–H groups in total. The van der Waals surface area contributed by atoms with Gasteiger partial charge in [-0.1, -0.05) is 24.3 Å². The second-order valence-electron chi connectivity index (χ2n) is 9.74. The number of anilines is 1. The summed E-state index contributed by atoms with van der Waals surface area (Å²) in [5, 5.41) is 0. The highest BCUT2D eigenvalue weighted by Gasteiger charge is 2.41. The molecular weight excluding hydrogens is 455 g/mol. The first kappa shape index (κ1) is 22.5. The van der Waals surface area contributed by atoms with E-state index in [4.69, 9.17) is 27.0 Å². The lowest BCUT2D eigenvalue weighted by Gasteiger charge is -2.39. The Labute approximate surface area is 209 Å². The maximum Gasteiger partial charge on any atom is 0.212 e. The van der Waals surface area contributed by atoms with E-state index >= 15 is 0 Å². The molecule has 6 rings (SSSR count). The Morgan fingerprint density at radius 3 is 2.53 bits per heavy atom. The molecule has 2 bridgehead atoms. The van der Waals surface area contributed by atoms with Crippen molar-refractivity contribution in [2.24, 2.45) is 5.73 Å². The number of piperidine rings is 1. The third kappa shape index (κ3) is 3.50. The molecule has 4 aromatic rings. The molecule has 2 atom stereocenters. The number of imidazole rings is 1. The molecule has 0 saturated carbocycles. The predicted molar refractivity (Wildman–Crippen MR) is 138 cm³/mol. The lowest BCUT2D eigenvalue weighted by atomic mass is 9.97. The Hall–Kier alpha value is -3.96. The van der Waals surface area contributed by atoms with Crippen LogP contribution < -0.4 is 15.4 Å². The van der Waals surface area contributed by atoms with E-state index < -0.39 is 5.82 Å². The fraction of sp³-hybridized carbons (Fsp3) is 0.321. The highest BCUT2D eigenvalue weighted by atomic mass is 19.1. The van der Waals surface area contributed by atoms with Crippen molar-refractivity contribution < 1.29 is 9.13 Å². The predicted octanol–water partition coefficient (Wildman–Crippen LogP) is 5.53. The van der Waals surface area contributed by atoms with Gasteiger partial charge < -0.3 is 15.4 Å². The molecule has 182 valence electrons. The number of aryl methyl sites for hydroxylation is 1. The highest BCUT2D eigenvalue weighted by molar-refractivity contribution is 5.91. The Balaban J connectivity index is 1.63. The molecule has 2 aliphatic rings. The van der Waals surface area contributed by atoms with E-state index in [0.717, 1.165) is 48.3 Å². The van der Waals surface area contributed by atoms with Gasteiger partial charge in [0.25, 0.3) is 0 Å². The molecule has 0 amide bonds. The summed E-state index contributed by atoms with van der Waals surface area (Å²) in [5.74, 6) is 0.571. The molecule has 2 unspecified atom stereocenters. The number of methoxy groups -OCH3 is 1. The molecule has 2 aromatic carbocycles. The van der Waals surface area contributed by atoms with Gasteiger partial charge in [-0.3, -0.25) is 4.40 Å². The molecular formula is C28H27FN6O. The first-order valence-electron chi connectivity index (χ1n) is 12.2. The van der Waals surface area contributed by atoms with E-state index in [1.54, 1.807) is 12.3 Å². The van der Waals surface area contributed by atoms with Gasteiger partial charge in [-0.15, -0.1) is 0 Å². The molecule has 36 heavy (non-hydrogen) atoms. The summed E-state index contributed by atoms with van der Waals surface area (Å²) in [7, 11) is 1.45. The smallest absolute Gasteiger partial charge is 0.212 e. The zero-order valence-electron chi connectivity index (χ0n) is 20.3. The fourth-order valence-electron chi connectivity index (χ4n) is 5.92. The van der Waals surface area contributed by atoms with Crippen LogP contribution in [0.15, 0.2) is 48.8 Å². The van der Waals surface area contributed by atoms with E-state index in [0.29, 0.717) is 34.7 Å². The standard InChI is InChI=1S/C28H27FN6O/c1-16-12-18(4-8-23(16)31-2)26-25(17-5-9-24(36-3)22(29)13-17)27-32-10-11-34(27)28(33-26)35-20-6-7-21(35)15-19(30)14-20/h4-5,8-13,19-21H,6-7,14-15,30H2,1,3H3. The maximum atomic E-state index is 14.9. The first-order valence-corrected chi connectivity index (χ1v) is 12.2. The first-order chi connectivity index (χ1) is 17.5. The van der Waals surface area contributed by atoms with Crippen LogP contribution >= 0.6 is 0 Å². The molecule has 7 nitrogen and oxygen atoms in total. The number of aromatic nitrogens is 3. The van der Waals surface area contributed by atoms with Crippen molar-refractivity contribution in [1.29, 1.82) is 0 Å². The lowest BCUT2D eigenvalue weighted by molar-refractivity contribution is 0.386. The van der Waals surface area contributed by atoms with Gasteiger partial charge in [-0.25, -0.2) is 19.2 Å². The Morgan fingerprint density at radius 1 is 1.11 bits per heavy atom. The van der Waals surface area contributed by atoms with Gasteiger partial charge in [-0.05, 0) is 61.4 Å². The van der Waals surface area contributed by atoms with Crippen molar-refractivity contribution in [2.45, 2.75) is 50.7 Å². The maximum absolute atomic E-state index is 14.9. The molecule has 8 heteroatoms. The quantitative estimate of drug-likeness (QED) is 0.387. The average Bonchev–Trinajstić information content (AvgIpc) is 3.46. The van der Waals surface area contributed by atoms with Gasteiger partial charge >= 0.3 is 0 Å². The molecule has 2 aromatic heterocycles. The van der Waals surface area contributed by atoms with Crippen LogP contribution in [-0.2, 0) is 0 Å². The monoisotopic (exact) mass is 482 g/mol. The Bertz CT molecular complexity index is 1510. The van der Waals surface area contributed by atoms with Gasteiger partial charge in [0.2, 0.25) is 5.95 Å². The van der Waals surface area contributed by atoms with Gasteiger partial charge in [0.05, 0.1) is 24.9 Å². The molecule has 0 aliphatic carbocycles. The topological polar surface area (TPSA) is 73.0 Å². The van der Waals surface area contributed by atoms with Crippen LogP contribution in [0.3, 0.4) is 0 Å². The highest BCUT2D eigenvalue weighted by Crippen LogP contribution is 2.43. The van der Waals surface area contributed by atoms with Crippen LogP contribution in [0.1, 0.15) is 31.2 Å². The van der Waals surface area contributed by atoms with Crippen LogP contribution in [0.4, 0.5) is 16.0 Å². The van der Waals surface area contributed by atoms with E-state index in [-0.39, 0.29) is 11.8 Å². The number of benzene rings is 2. The normalized spacial score (nSPS) is 21.1. The number of ether oxygens (including phenoxy) is 1. The van der Waals surface area contributed by atoms with Gasteiger partial charge in [-0.2, -0.15) is 0 Å². The number of fused-ring (bicyclic) bond motifs is 3. The van der Waals surface area contributed by atoms with E-state index in [1.165, 1.54) is 13.2 Å². The SMILES string of the molecule is [C-]#[N+]c1ccc(-c2nc(N3C4CCC3CC(N)C4)n3ccnc3c2-c2ccc(OC)c(F)c2)cc1C. The van der Waals surface area contributed by atoms with Crippen molar-refractivity contribution in [1.82, 2.24) is 14.4 Å². The summed E-state index contributed by atoms with van der Waals surface area (Å²) >= 11 is 0.